The van der Waals surface area contributed by atoms with E-state index >= 15 is 0 Å². The Labute approximate surface area is 169 Å². The molecule has 2 aromatic carbocycles. The Morgan fingerprint density at radius 2 is 1.93 bits per heavy atom. The van der Waals surface area contributed by atoms with Crippen LogP contribution >= 0.6 is 11.3 Å². The second-order valence-corrected chi connectivity index (χ2v) is 7.64. The quantitative estimate of drug-likeness (QED) is 0.689. The second-order valence-electron chi connectivity index (χ2n) is 6.80. The molecule has 1 aromatic heterocycles. The average molecular weight is 388 g/mol. The van der Waals surface area contributed by atoms with Gasteiger partial charge in [0, 0.05) is 16.9 Å². The van der Waals surface area contributed by atoms with Crippen LogP contribution in [-0.2, 0) is 0 Å². The van der Waals surface area contributed by atoms with Crippen molar-refractivity contribution in [3.63, 3.8) is 0 Å². The average Bonchev–Trinajstić information content (AvgIpc) is 3.19. The van der Waals surface area contributed by atoms with Crippen LogP contribution < -0.4 is 4.90 Å². The van der Waals surface area contributed by atoms with Crippen LogP contribution in [-0.4, -0.2) is 28.8 Å². The summed E-state index contributed by atoms with van der Waals surface area (Å²) < 4.78 is 0. The molecule has 1 aliphatic rings. The number of nitrogens with zero attached hydrogens (tertiary/aromatic N) is 3. The van der Waals surface area contributed by atoms with Gasteiger partial charge in [-0.3, -0.25) is 0 Å². The van der Waals surface area contributed by atoms with Gasteiger partial charge in [0.15, 0.2) is 5.13 Å². The van der Waals surface area contributed by atoms with E-state index in [1.165, 1.54) is 11.3 Å². The maximum Gasteiger partial charge on any atom is 0.187 e. The maximum absolute atomic E-state index is 10.0. The molecule has 1 N–H and O–H groups in total. The highest BCUT2D eigenvalue weighted by molar-refractivity contribution is 7.14. The predicted octanol–water partition coefficient (Wildman–Crippen LogP) is 4.70. The van der Waals surface area contributed by atoms with E-state index in [9.17, 15) is 10.4 Å². The molecule has 1 aliphatic heterocycles. The van der Waals surface area contributed by atoms with Crippen molar-refractivity contribution < 1.29 is 5.11 Å². The fourth-order valence-corrected chi connectivity index (χ4v) is 4.74. The molecule has 0 radical (unpaired) electrons. The van der Waals surface area contributed by atoms with Crippen LogP contribution in [0.3, 0.4) is 0 Å². The summed E-state index contributed by atoms with van der Waals surface area (Å²) in [5.74, 6) is -0.0290. The lowest BCUT2D eigenvalue weighted by molar-refractivity contribution is 0.187. The summed E-state index contributed by atoms with van der Waals surface area (Å²) in [6, 6.07) is 20.2. The number of allylic oxidation sites excluding steroid dienone is 1. The number of hydrogen-bond acceptors (Lipinski definition) is 5. The highest BCUT2D eigenvalue weighted by atomic mass is 32.1. The first-order chi connectivity index (χ1) is 13.8. The van der Waals surface area contributed by atoms with Crippen molar-refractivity contribution in [2.45, 2.75) is 24.9 Å². The zero-order valence-electron chi connectivity index (χ0n) is 15.6. The molecular weight excluding hydrogens is 366 g/mol. The van der Waals surface area contributed by atoms with Gasteiger partial charge in [0.25, 0.3) is 0 Å². The summed E-state index contributed by atoms with van der Waals surface area (Å²) in [6.45, 7) is 1.97. The van der Waals surface area contributed by atoms with Gasteiger partial charge in [-0.1, -0.05) is 66.7 Å². The summed E-state index contributed by atoms with van der Waals surface area (Å²) in [6.07, 6.45) is 4.05. The fourth-order valence-electron chi connectivity index (χ4n) is 3.82. The predicted molar refractivity (Wildman–Crippen MR) is 114 cm³/mol. The molecule has 4 nitrogen and oxygen atoms in total. The zero-order valence-corrected chi connectivity index (χ0v) is 16.4. The number of benzene rings is 2. The van der Waals surface area contributed by atoms with E-state index in [-0.39, 0.29) is 24.6 Å². The molecule has 28 heavy (non-hydrogen) atoms. The van der Waals surface area contributed by atoms with E-state index in [1.54, 1.807) is 0 Å². The Morgan fingerprint density at radius 1 is 1.18 bits per heavy atom. The van der Waals surface area contributed by atoms with E-state index in [0.29, 0.717) is 0 Å². The van der Waals surface area contributed by atoms with Gasteiger partial charge >= 0.3 is 0 Å². The van der Waals surface area contributed by atoms with E-state index in [2.05, 4.69) is 30.3 Å². The minimum absolute atomic E-state index is 0.0142. The molecular formula is C23H21N3OS. The fraction of sp³-hybridized carbons (Fsp3) is 0.217. The van der Waals surface area contributed by atoms with Crippen molar-refractivity contribution in [3.8, 4) is 17.3 Å². The first-order valence-electron chi connectivity index (χ1n) is 9.29. The summed E-state index contributed by atoms with van der Waals surface area (Å²) in [4.78, 5) is 6.70. The van der Waals surface area contributed by atoms with Crippen LogP contribution in [0.2, 0.25) is 0 Å². The minimum Gasteiger partial charge on any atom is -0.394 e. The molecule has 2 heterocycles. The first-order valence-corrected chi connectivity index (χ1v) is 10.2. The van der Waals surface area contributed by atoms with E-state index in [4.69, 9.17) is 4.98 Å². The monoisotopic (exact) mass is 387 g/mol. The number of rotatable bonds is 5. The van der Waals surface area contributed by atoms with E-state index in [1.807, 2.05) is 59.7 Å². The smallest absolute Gasteiger partial charge is 0.187 e. The Bertz CT molecular complexity index is 1000. The van der Waals surface area contributed by atoms with Gasteiger partial charge in [-0.2, -0.15) is 5.26 Å². The van der Waals surface area contributed by atoms with Crippen LogP contribution in [0.1, 0.15) is 24.0 Å². The van der Waals surface area contributed by atoms with Gasteiger partial charge in [0.2, 0.25) is 0 Å². The molecule has 0 spiro atoms. The molecule has 0 saturated carbocycles. The lowest BCUT2D eigenvalue weighted by Crippen LogP contribution is -2.63. The Hall–Kier alpha value is -2.94. The van der Waals surface area contributed by atoms with Gasteiger partial charge in [-0.25, -0.2) is 4.98 Å². The van der Waals surface area contributed by atoms with E-state index in [0.717, 1.165) is 27.5 Å². The van der Waals surface area contributed by atoms with Crippen LogP contribution in [0.15, 0.2) is 66.1 Å². The van der Waals surface area contributed by atoms with Gasteiger partial charge in [0.1, 0.15) is 6.04 Å². The normalized spacial score (nSPS) is 21.5. The van der Waals surface area contributed by atoms with Crippen LogP contribution in [0.4, 0.5) is 5.13 Å². The van der Waals surface area contributed by atoms with Crippen LogP contribution in [0, 0.1) is 11.3 Å². The number of nitriles is 1. The zero-order chi connectivity index (χ0) is 19.5. The SMILES string of the molecule is C/C=C/c1ccc([C@@H]2[C@@H](C#N)N(c3nc(-c4ccccc4)cs3)[C@@H]2CO)cc1. The number of aliphatic hydroxyl groups is 1. The highest BCUT2D eigenvalue weighted by Gasteiger charge is 2.50. The van der Waals surface area contributed by atoms with Crippen molar-refractivity contribution in [1.29, 1.82) is 5.26 Å². The lowest BCUT2D eigenvalue weighted by atomic mass is 9.76. The van der Waals surface area contributed by atoms with Crippen molar-refractivity contribution in [1.82, 2.24) is 4.98 Å². The topological polar surface area (TPSA) is 60.2 Å². The number of thiazole rings is 1. The molecule has 3 aromatic rings. The first kappa shape index (κ1) is 18.4. The third-order valence-electron chi connectivity index (χ3n) is 5.19. The molecule has 3 atom stereocenters. The molecule has 1 saturated heterocycles. The standard InChI is InChI=1S/C23H21N3OS/c1-2-6-16-9-11-18(12-10-16)22-20(13-24)26(21(22)14-27)23-25-19(15-28-23)17-7-4-3-5-8-17/h2-12,15,20-22,27H,14H2,1H3/b6-2+/t20-,21-,22-/m1/s1. The largest absolute Gasteiger partial charge is 0.394 e. The van der Waals surface area contributed by atoms with Crippen molar-refractivity contribution >= 4 is 22.5 Å². The minimum atomic E-state index is -0.334. The molecule has 5 heteroatoms. The summed E-state index contributed by atoms with van der Waals surface area (Å²) >= 11 is 1.52. The van der Waals surface area contributed by atoms with Gasteiger partial charge < -0.3 is 10.0 Å². The van der Waals surface area contributed by atoms with Gasteiger partial charge in [0.05, 0.1) is 24.4 Å². The molecule has 1 fully saturated rings. The molecule has 0 amide bonds. The van der Waals surface area contributed by atoms with Crippen LogP contribution in [0.25, 0.3) is 17.3 Å². The van der Waals surface area contributed by atoms with E-state index < -0.39 is 0 Å². The number of anilines is 1. The Balaban J connectivity index is 1.61. The molecule has 0 unspecified atom stereocenters. The number of hydrogen-bond donors (Lipinski definition) is 1. The Kier molecular flexibility index (Phi) is 5.25. The number of aromatic nitrogens is 1. The van der Waals surface area contributed by atoms with Gasteiger partial charge in [-0.15, -0.1) is 11.3 Å². The second kappa shape index (κ2) is 7.97. The molecule has 0 bridgehead atoms. The summed E-state index contributed by atoms with van der Waals surface area (Å²) in [5.41, 5.74) is 4.16. The number of aliphatic hydroxyl groups excluding tert-OH is 1. The summed E-state index contributed by atoms with van der Waals surface area (Å²) in [7, 11) is 0. The Morgan fingerprint density at radius 3 is 2.57 bits per heavy atom. The lowest BCUT2D eigenvalue weighted by Gasteiger charge is -2.51. The summed E-state index contributed by atoms with van der Waals surface area (Å²) in [5, 5.41) is 22.6. The third-order valence-corrected chi connectivity index (χ3v) is 6.05. The van der Waals surface area contributed by atoms with Crippen molar-refractivity contribution in [2.75, 3.05) is 11.5 Å². The molecule has 140 valence electrons. The molecule has 0 aliphatic carbocycles. The third kappa shape index (κ3) is 3.22. The van der Waals surface area contributed by atoms with Crippen molar-refractivity contribution in [2.24, 2.45) is 0 Å². The van der Waals surface area contributed by atoms with Crippen LogP contribution in [0.5, 0.6) is 0 Å². The highest BCUT2D eigenvalue weighted by Crippen LogP contribution is 2.45. The maximum atomic E-state index is 10.0. The van der Waals surface area contributed by atoms with Gasteiger partial charge in [-0.05, 0) is 18.1 Å². The van der Waals surface area contributed by atoms with Crippen molar-refractivity contribution in [3.05, 3.63) is 77.2 Å². The molecule has 4 rings (SSSR count).